The number of nitrogens with two attached hydrogens (primary N) is 1. The predicted molar refractivity (Wildman–Crippen MR) is 61.7 cm³/mol. The van der Waals surface area contributed by atoms with E-state index in [0.29, 0.717) is 5.92 Å². The second-order valence-electron chi connectivity index (χ2n) is 4.79. The summed E-state index contributed by atoms with van der Waals surface area (Å²) in [6, 6.07) is 7.67. The van der Waals surface area contributed by atoms with Crippen LogP contribution in [0.25, 0.3) is 0 Å². The van der Waals surface area contributed by atoms with Crippen LogP contribution in [0.4, 0.5) is 0 Å². The van der Waals surface area contributed by atoms with Gasteiger partial charge in [0.1, 0.15) is 6.17 Å². The van der Waals surface area contributed by atoms with Crippen LogP contribution in [-0.2, 0) is 0 Å². The van der Waals surface area contributed by atoms with E-state index in [9.17, 15) is 4.79 Å². The Morgan fingerprint density at radius 3 is 2.69 bits per heavy atom. The van der Waals surface area contributed by atoms with Crippen LogP contribution >= 0.6 is 0 Å². The lowest BCUT2D eigenvalue weighted by molar-refractivity contribution is 0.0656. The molecule has 1 fully saturated rings. The summed E-state index contributed by atoms with van der Waals surface area (Å²) in [6.45, 7) is 0.828. The number of carbonyl (C=O) groups excluding carboxylic acids is 1. The molecule has 16 heavy (non-hydrogen) atoms. The molecule has 0 spiro atoms. The summed E-state index contributed by atoms with van der Waals surface area (Å²) in [6.07, 6.45) is 3.55. The van der Waals surface area contributed by atoms with Gasteiger partial charge in [-0.05, 0) is 24.8 Å². The van der Waals surface area contributed by atoms with Gasteiger partial charge >= 0.3 is 0 Å². The van der Waals surface area contributed by atoms with Crippen LogP contribution in [-0.4, -0.2) is 17.4 Å². The minimum Gasteiger partial charge on any atom is -0.319 e. The van der Waals surface area contributed by atoms with Crippen molar-refractivity contribution >= 4 is 5.91 Å². The Morgan fingerprint density at radius 2 is 2.06 bits per heavy atom. The summed E-state index contributed by atoms with van der Waals surface area (Å²) in [5.74, 6) is 0.777. The number of hydrogen-bond acceptors (Lipinski definition) is 2. The molecule has 2 aliphatic rings. The van der Waals surface area contributed by atoms with Crippen molar-refractivity contribution in [2.24, 2.45) is 11.7 Å². The van der Waals surface area contributed by atoms with Gasteiger partial charge in [0, 0.05) is 17.7 Å². The highest BCUT2D eigenvalue weighted by Gasteiger charge is 2.36. The molecule has 1 aromatic rings. The first-order chi connectivity index (χ1) is 7.77. The van der Waals surface area contributed by atoms with E-state index in [1.807, 2.05) is 29.2 Å². The maximum atomic E-state index is 12.1. The zero-order chi connectivity index (χ0) is 11.1. The molecule has 1 aliphatic carbocycles. The number of amides is 1. The minimum absolute atomic E-state index is 0.106. The van der Waals surface area contributed by atoms with Crippen LogP contribution in [0.2, 0.25) is 0 Å². The Balaban J connectivity index is 1.85. The van der Waals surface area contributed by atoms with Crippen LogP contribution in [0.5, 0.6) is 0 Å². The van der Waals surface area contributed by atoms with Gasteiger partial charge in [0.2, 0.25) is 0 Å². The number of benzene rings is 1. The summed E-state index contributed by atoms with van der Waals surface area (Å²) >= 11 is 0. The molecule has 0 saturated heterocycles. The number of nitrogens with zero attached hydrogens (tertiary/aromatic N) is 1. The molecule has 1 saturated carbocycles. The zero-order valence-corrected chi connectivity index (χ0v) is 9.23. The Morgan fingerprint density at radius 1 is 1.31 bits per heavy atom. The van der Waals surface area contributed by atoms with Crippen molar-refractivity contribution in [3.8, 4) is 0 Å². The number of fused-ring (bicyclic) bond motifs is 1. The maximum absolute atomic E-state index is 12.1. The second-order valence-corrected chi connectivity index (χ2v) is 4.79. The Bertz CT molecular complexity index is 426. The average molecular weight is 216 g/mol. The van der Waals surface area contributed by atoms with Crippen LogP contribution < -0.4 is 5.73 Å². The highest BCUT2D eigenvalue weighted by atomic mass is 16.2. The SMILES string of the molecule is NC1c2ccccc2C(=O)N1CC1CCC1. The van der Waals surface area contributed by atoms with Crippen LogP contribution in [0.15, 0.2) is 24.3 Å². The second kappa shape index (κ2) is 3.59. The van der Waals surface area contributed by atoms with Gasteiger partial charge in [0.25, 0.3) is 5.91 Å². The van der Waals surface area contributed by atoms with E-state index in [1.54, 1.807) is 0 Å². The number of hydrogen-bond donors (Lipinski definition) is 1. The molecule has 0 aromatic heterocycles. The van der Waals surface area contributed by atoms with Crippen molar-refractivity contribution in [3.05, 3.63) is 35.4 Å². The summed E-state index contributed by atoms with van der Waals surface area (Å²) in [4.78, 5) is 14.0. The lowest BCUT2D eigenvalue weighted by atomic mass is 9.85. The van der Waals surface area contributed by atoms with Gasteiger partial charge in [-0.25, -0.2) is 0 Å². The zero-order valence-electron chi connectivity index (χ0n) is 9.23. The van der Waals surface area contributed by atoms with E-state index in [2.05, 4.69) is 0 Å². The quantitative estimate of drug-likeness (QED) is 0.820. The van der Waals surface area contributed by atoms with Crippen molar-refractivity contribution in [2.45, 2.75) is 25.4 Å². The van der Waals surface area contributed by atoms with Crippen molar-refractivity contribution < 1.29 is 4.79 Å². The molecule has 1 amide bonds. The van der Waals surface area contributed by atoms with E-state index in [1.165, 1.54) is 19.3 Å². The summed E-state index contributed by atoms with van der Waals surface area (Å²) in [5, 5.41) is 0. The molecule has 1 atom stereocenters. The Kier molecular flexibility index (Phi) is 2.21. The topological polar surface area (TPSA) is 46.3 Å². The van der Waals surface area contributed by atoms with Gasteiger partial charge in [-0.15, -0.1) is 0 Å². The molecular formula is C13H16N2O. The largest absolute Gasteiger partial charge is 0.319 e. The molecule has 2 N–H and O–H groups in total. The van der Waals surface area contributed by atoms with Crippen molar-refractivity contribution in [3.63, 3.8) is 0 Å². The van der Waals surface area contributed by atoms with Gasteiger partial charge in [-0.3, -0.25) is 4.79 Å². The van der Waals surface area contributed by atoms with E-state index < -0.39 is 0 Å². The van der Waals surface area contributed by atoms with Crippen molar-refractivity contribution in [1.82, 2.24) is 4.90 Å². The Hall–Kier alpha value is -1.35. The molecule has 3 rings (SSSR count). The molecular weight excluding hydrogens is 200 g/mol. The molecule has 1 aromatic carbocycles. The Labute approximate surface area is 95.2 Å². The first-order valence-corrected chi connectivity index (χ1v) is 5.93. The minimum atomic E-state index is -0.232. The van der Waals surface area contributed by atoms with Gasteiger partial charge in [-0.2, -0.15) is 0 Å². The third kappa shape index (κ3) is 1.35. The third-order valence-corrected chi connectivity index (χ3v) is 3.79. The van der Waals surface area contributed by atoms with E-state index in [0.717, 1.165) is 17.7 Å². The molecule has 84 valence electrons. The average Bonchev–Trinajstić information content (AvgIpc) is 2.48. The lowest BCUT2D eigenvalue weighted by Crippen LogP contribution is -2.38. The molecule has 3 nitrogen and oxygen atoms in total. The lowest BCUT2D eigenvalue weighted by Gasteiger charge is -2.32. The molecule has 1 heterocycles. The fourth-order valence-corrected chi connectivity index (χ4v) is 2.55. The first-order valence-electron chi connectivity index (χ1n) is 5.93. The maximum Gasteiger partial charge on any atom is 0.255 e. The molecule has 0 bridgehead atoms. The molecule has 1 aliphatic heterocycles. The van der Waals surface area contributed by atoms with E-state index >= 15 is 0 Å². The monoisotopic (exact) mass is 216 g/mol. The molecule has 3 heteroatoms. The van der Waals surface area contributed by atoms with Gasteiger partial charge in [0.05, 0.1) is 0 Å². The third-order valence-electron chi connectivity index (χ3n) is 3.79. The highest BCUT2D eigenvalue weighted by molar-refractivity contribution is 5.99. The van der Waals surface area contributed by atoms with E-state index in [-0.39, 0.29) is 12.1 Å². The summed E-state index contributed by atoms with van der Waals surface area (Å²) in [7, 11) is 0. The van der Waals surface area contributed by atoms with Gasteiger partial charge in [-0.1, -0.05) is 24.6 Å². The number of carbonyl (C=O) groups is 1. The van der Waals surface area contributed by atoms with Crippen molar-refractivity contribution in [2.75, 3.05) is 6.54 Å². The highest BCUT2D eigenvalue weighted by Crippen LogP contribution is 2.34. The molecule has 0 radical (unpaired) electrons. The standard InChI is InChI=1S/C13H16N2O/c14-12-10-6-1-2-7-11(10)13(16)15(12)8-9-4-3-5-9/h1-2,6-7,9,12H,3-5,8,14H2. The summed E-state index contributed by atoms with van der Waals surface area (Å²) in [5.41, 5.74) is 7.88. The predicted octanol–water partition coefficient (Wildman–Crippen LogP) is 1.90. The summed E-state index contributed by atoms with van der Waals surface area (Å²) < 4.78 is 0. The van der Waals surface area contributed by atoms with Crippen LogP contribution in [0.1, 0.15) is 41.3 Å². The first kappa shape index (κ1) is 9.85. The number of rotatable bonds is 2. The fraction of sp³-hybridized carbons (Fsp3) is 0.462. The molecule has 1 unspecified atom stereocenters. The normalized spacial score (nSPS) is 24.4. The van der Waals surface area contributed by atoms with Gasteiger partial charge < -0.3 is 10.6 Å². The van der Waals surface area contributed by atoms with Crippen LogP contribution in [0.3, 0.4) is 0 Å². The van der Waals surface area contributed by atoms with Crippen molar-refractivity contribution in [1.29, 1.82) is 0 Å². The van der Waals surface area contributed by atoms with E-state index in [4.69, 9.17) is 5.73 Å². The smallest absolute Gasteiger partial charge is 0.255 e. The van der Waals surface area contributed by atoms with Crippen LogP contribution in [0, 0.1) is 5.92 Å². The van der Waals surface area contributed by atoms with Gasteiger partial charge in [0.15, 0.2) is 0 Å². The fourth-order valence-electron chi connectivity index (χ4n) is 2.55.